The van der Waals surface area contributed by atoms with Crippen molar-refractivity contribution in [2.24, 2.45) is 0 Å². The number of carboxylic acids is 1. The Kier molecular flexibility index (Phi) is 5.94. The van der Waals surface area contributed by atoms with Gasteiger partial charge in [0.2, 0.25) is 10.0 Å². The number of carbonyl (C=O) groups is 2. The predicted molar refractivity (Wildman–Crippen MR) is 89.3 cm³/mol. The quantitative estimate of drug-likeness (QED) is 0.646. The molecule has 9 heteroatoms. The zero-order chi connectivity index (χ0) is 18.4. The molecule has 0 aliphatic carbocycles. The summed E-state index contributed by atoms with van der Waals surface area (Å²) in [5.74, 6) is -1.39. The molecule has 0 spiro atoms. The van der Waals surface area contributed by atoms with Crippen LogP contribution in [0, 0.1) is 0 Å². The number of carbonyl (C=O) groups excluding carboxylic acids is 1. The average Bonchev–Trinajstić information content (AvgIpc) is 3.01. The summed E-state index contributed by atoms with van der Waals surface area (Å²) in [5, 5.41) is 11.7. The molecule has 0 bridgehead atoms. The molecule has 0 aliphatic rings. The highest BCUT2D eigenvalue weighted by atomic mass is 32.2. The third-order valence-electron chi connectivity index (χ3n) is 3.28. The Balaban J connectivity index is 2.08. The zero-order valence-corrected chi connectivity index (χ0v) is 14.2. The second-order valence-electron chi connectivity index (χ2n) is 5.39. The fourth-order valence-electron chi connectivity index (χ4n) is 2.14. The summed E-state index contributed by atoms with van der Waals surface area (Å²) < 4.78 is 29.7. The smallest absolute Gasteiger partial charge is 0.305 e. The molecule has 2 aromatic rings. The molecular weight excluding hydrogens is 348 g/mol. The molecule has 1 heterocycles. The maximum absolute atomic E-state index is 12.3. The van der Waals surface area contributed by atoms with Crippen molar-refractivity contribution in [1.29, 1.82) is 0 Å². The molecule has 0 radical (unpaired) electrons. The first-order chi connectivity index (χ1) is 11.7. The maximum atomic E-state index is 12.3. The van der Waals surface area contributed by atoms with E-state index in [0.29, 0.717) is 5.56 Å². The van der Waals surface area contributed by atoms with Gasteiger partial charge in [-0.05, 0) is 17.7 Å². The molecule has 0 aliphatic heterocycles. The monoisotopic (exact) mass is 366 g/mol. The van der Waals surface area contributed by atoms with Crippen molar-refractivity contribution in [1.82, 2.24) is 10.0 Å². The first kappa shape index (κ1) is 18.7. The van der Waals surface area contributed by atoms with Crippen molar-refractivity contribution < 1.29 is 27.5 Å². The van der Waals surface area contributed by atoms with Crippen LogP contribution in [0.25, 0.3) is 0 Å². The molecule has 0 saturated carbocycles. The van der Waals surface area contributed by atoms with Crippen molar-refractivity contribution in [2.75, 3.05) is 6.26 Å². The number of aliphatic carboxylic acids is 1. The summed E-state index contributed by atoms with van der Waals surface area (Å²) in [6.07, 6.45) is 0.735. The molecule has 1 aromatic carbocycles. The lowest BCUT2D eigenvalue weighted by molar-refractivity contribution is -0.137. The summed E-state index contributed by atoms with van der Waals surface area (Å²) in [7, 11) is -3.38. The Bertz CT molecular complexity index is 845. The van der Waals surface area contributed by atoms with Crippen LogP contribution in [0.5, 0.6) is 0 Å². The van der Waals surface area contributed by atoms with Gasteiger partial charge in [-0.2, -0.15) is 0 Å². The number of rotatable bonds is 8. The summed E-state index contributed by atoms with van der Waals surface area (Å²) >= 11 is 0. The topological polar surface area (TPSA) is 126 Å². The average molecular weight is 366 g/mol. The number of hydrogen-bond donors (Lipinski definition) is 3. The fourth-order valence-corrected chi connectivity index (χ4v) is 2.54. The summed E-state index contributed by atoms with van der Waals surface area (Å²) in [5.41, 5.74) is 0.656. The van der Waals surface area contributed by atoms with Crippen molar-refractivity contribution in [3.63, 3.8) is 0 Å². The van der Waals surface area contributed by atoms with Gasteiger partial charge < -0.3 is 14.8 Å². The number of hydrogen-bond acceptors (Lipinski definition) is 5. The van der Waals surface area contributed by atoms with E-state index in [4.69, 9.17) is 9.52 Å². The van der Waals surface area contributed by atoms with Crippen molar-refractivity contribution in [2.45, 2.75) is 19.0 Å². The largest absolute Gasteiger partial charge is 0.481 e. The van der Waals surface area contributed by atoms with Crippen LogP contribution in [0.1, 0.15) is 34.3 Å². The molecular formula is C16H18N2O6S. The van der Waals surface area contributed by atoms with E-state index >= 15 is 0 Å². The van der Waals surface area contributed by atoms with E-state index in [1.165, 1.54) is 12.1 Å². The first-order valence-electron chi connectivity index (χ1n) is 7.35. The molecule has 134 valence electrons. The van der Waals surface area contributed by atoms with Crippen molar-refractivity contribution in [3.05, 3.63) is 59.5 Å². The van der Waals surface area contributed by atoms with Gasteiger partial charge in [-0.25, -0.2) is 13.1 Å². The highest BCUT2D eigenvalue weighted by molar-refractivity contribution is 7.88. The zero-order valence-electron chi connectivity index (χ0n) is 13.4. The number of sulfonamides is 1. The Hall–Kier alpha value is -2.65. The van der Waals surface area contributed by atoms with Gasteiger partial charge >= 0.3 is 5.97 Å². The number of benzene rings is 1. The van der Waals surface area contributed by atoms with E-state index in [1.54, 1.807) is 30.3 Å². The molecule has 1 unspecified atom stereocenters. The molecule has 8 nitrogen and oxygen atoms in total. The van der Waals surface area contributed by atoms with Gasteiger partial charge in [0.1, 0.15) is 5.76 Å². The maximum Gasteiger partial charge on any atom is 0.305 e. The third kappa shape index (κ3) is 6.05. The Morgan fingerprint density at radius 1 is 1.16 bits per heavy atom. The summed E-state index contributed by atoms with van der Waals surface area (Å²) in [6, 6.07) is 10.9. The molecule has 1 atom stereocenters. The number of amides is 1. The van der Waals surface area contributed by atoms with E-state index in [-0.39, 0.29) is 24.5 Å². The molecule has 25 heavy (non-hydrogen) atoms. The molecule has 1 amide bonds. The standard InChI is InChI=1S/C16H18N2O6S/c1-25(22,23)17-10-12-7-8-14(24-12)16(21)18-13(9-15(19)20)11-5-3-2-4-6-11/h2-8,13,17H,9-10H2,1H3,(H,18,21)(H,19,20). The highest BCUT2D eigenvalue weighted by Gasteiger charge is 2.20. The van der Waals surface area contributed by atoms with Gasteiger partial charge in [-0.15, -0.1) is 0 Å². The van der Waals surface area contributed by atoms with E-state index in [1.807, 2.05) is 0 Å². The SMILES string of the molecule is CS(=O)(=O)NCc1ccc(C(=O)NC(CC(=O)O)c2ccccc2)o1. The van der Waals surface area contributed by atoms with Gasteiger partial charge in [0.15, 0.2) is 5.76 Å². The summed E-state index contributed by atoms with van der Waals surface area (Å²) in [4.78, 5) is 23.3. The third-order valence-corrected chi connectivity index (χ3v) is 3.95. The van der Waals surface area contributed by atoms with Gasteiger partial charge in [-0.1, -0.05) is 30.3 Å². The minimum absolute atomic E-state index is 0.0309. The lowest BCUT2D eigenvalue weighted by Gasteiger charge is -2.16. The summed E-state index contributed by atoms with van der Waals surface area (Å²) in [6.45, 7) is -0.0800. The van der Waals surface area contributed by atoms with Crippen molar-refractivity contribution in [3.8, 4) is 0 Å². The second-order valence-corrected chi connectivity index (χ2v) is 7.23. The van der Waals surface area contributed by atoms with Gasteiger partial charge in [0.25, 0.3) is 5.91 Å². The fraction of sp³-hybridized carbons (Fsp3) is 0.250. The number of furan rings is 1. The normalized spacial score (nSPS) is 12.5. The van der Waals surface area contributed by atoms with Crippen molar-refractivity contribution >= 4 is 21.9 Å². The van der Waals surface area contributed by atoms with E-state index in [2.05, 4.69) is 10.0 Å². The Labute approximate surface area is 144 Å². The number of nitrogens with one attached hydrogen (secondary N) is 2. The molecule has 0 fully saturated rings. The second kappa shape index (κ2) is 7.95. The van der Waals surface area contributed by atoms with Crippen LogP contribution in [-0.2, 0) is 21.4 Å². The molecule has 0 saturated heterocycles. The van der Waals surface area contributed by atoms with Crippen LogP contribution in [0.4, 0.5) is 0 Å². The minimum Gasteiger partial charge on any atom is -0.481 e. The highest BCUT2D eigenvalue weighted by Crippen LogP contribution is 2.18. The van der Waals surface area contributed by atoms with E-state index in [9.17, 15) is 18.0 Å². The van der Waals surface area contributed by atoms with E-state index in [0.717, 1.165) is 6.26 Å². The molecule has 1 aromatic heterocycles. The Morgan fingerprint density at radius 3 is 2.44 bits per heavy atom. The predicted octanol–water partition coefficient (Wildman–Crippen LogP) is 1.27. The van der Waals surface area contributed by atoms with Crippen LogP contribution in [0.15, 0.2) is 46.9 Å². The first-order valence-corrected chi connectivity index (χ1v) is 9.24. The molecule has 2 rings (SSSR count). The van der Waals surface area contributed by atoms with Gasteiger partial charge in [-0.3, -0.25) is 9.59 Å². The minimum atomic E-state index is -3.38. The van der Waals surface area contributed by atoms with Crippen LogP contribution >= 0.6 is 0 Å². The Morgan fingerprint density at radius 2 is 1.84 bits per heavy atom. The van der Waals surface area contributed by atoms with Crippen LogP contribution in [0.3, 0.4) is 0 Å². The number of carboxylic acid groups (broad SMARTS) is 1. The van der Waals surface area contributed by atoms with E-state index < -0.39 is 27.9 Å². The van der Waals surface area contributed by atoms with Crippen LogP contribution in [0.2, 0.25) is 0 Å². The lowest BCUT2D eigenvalue weighted by atomic mass is 10.0. The van der Waals surface area contributed by atoms with Gasteiger partial charge in [0.05, 0.1) is 25.3 Å². The van der Waals surface area contributed by atoms with Crippen LogP contribution in [-0.4, -0.2) is 31.7 Å². The molecule has 3 N–H and O–H groups in total. The van der Waals surface area contributed by atoms with Crippen LogP contribution < -0.4 is 10.0 Å². The lowest BCUT2D eigenvalue weighted by Crippen LogP contribution is -2.30. The van der Waals surface area contributed by atoms with Gasteiger partial charge in [0, 0.05) is 0 Å².